The van der Waals surface area contributed by atoms with E-state index in [9.17, 15) is 5.11 Å². The Morgan fingerprint density at radius 2 is 2.10 bits per heavy atom. The third kappa shape index (κ3) is 4.96. The van der Waals surface area contributed by atoms with Gasteiger partial charge in [-0.3, -0.25) is 0 Å². The number of aliphatic hydroxyl groups is 1. The maximum Gasteiger partial charge on any atom is 0.0917 e. The highest BCUT2D eigenvalue weighted by Gasteiger charge is 2.23. The highest BCUT2D eigenvalue weighted by Crippen LogP contribution is 2.21. The van der Waals surface area contributed by atoms with Crippen LogP contribution in [-0.2, 0) is 0 Å². The van der Waals surface area contributed by atoms with E-state index < -0.39 is 6.10 Å². The predicted octanol–water partition coefficient (Wildman–Crippen LogP) is 3.18. The summed E-state index contributed by atoms with van der Waals surface area (Å²) in [7, 11) is 2.12. The summed E-state index contributed by atoms with van der Waals surface area (Å²) >= 11 is 5.99. The monoisotopic (exact) mass is 310 g/mol. The first-order valence-electron chi connectivity index (χ1n) is 7.96. The predicted molar refractivity (Wildman–Crippen MR) is 88.8 cm³/mol. The van der Waals surface area contributed by atoms with Gasteiger partial charge in [0.2, 0.25) is 0 Å². The Kier molecular flexibility index (Phi) is 6.49. The second kappa shape index (κ2) is 8.14. The maximum absolute atomic E-state index is 10.4. The number of benzene rings is 1. The van der Waals surface area contributed by atoms with E-state index >= 15 is 0 Å². The highest BCUT2D eigenvalue weighted by atomic mass is 35.5. The van der Waals surface area contributed by atoms with Crippen molar-refractivity contribution in [3.05, 3.63) is 34.9 Å². The molecule has 118 valence electrons. The van der Waals surface area contributed by atoms with E-state index in [0.717, 1.165) is 5.56 Å². The van der Waals surface area contributed by atoms with Gasteiger partial charge in [0.15, 0.2) is 0 Å². The van der Waals surface area contributed by atoms with Crippen LogP contribution in [0, 0.1) is 0 Å². The summed E-state index contributed by atoms with van der Waals surface area (Å²) in [6.45, 7) is 6.46. The Bertz CT molecular complexity index is 433. The molecule has 1 saturated heterocycles. The molecule has 0 spiro atoms. The summed E-state index contributed by atoms with van der Waals surface area (Å²) in [6, 6.07) is 8.10. The molecular weight excluding hydrogens is 284 g/mol. The summed E-state index contributed by atoms with van der Waals surface area (Å²) in [5.41, 5.74) is 0.901. The number of aliphatic hydroxyl groups excluding tert-OH is 1. The average molecular weight is 311 g/mol. The molecule has 0 radical (unpaired) electrons. The number of hydrogen-bond acceptors (Lipinski definition) is 3. The minimum Gasteiger partial charge on any atom is -0.387 e. The largest absolute Gasteiger partial charge is 0.387 e. The number of halogens is 1. The van der Waals surface area contributed by atoms with Crippen LogP contribution in [0.25, 0.3) is 0 Å². The van der Waals surface area contributed by atoms with E-state index in [1.165, 1.54) is 38.9 Å². The number of rotatable bonds is 6. The van der Waals surface area contributed by atoms with Crippen molar-refractivity contribution in [2.45, 2.75) is 38.3 Å². The van der Waals surface area contributed by atoms with Gasteiger partial charge >= 0.3 is 0 Å². The van der Waals surface area contributed by atoms with Crippen molar-refractivity contribution in [1.29, 1.82) is 0 Å². The number of hydrogen-bond donors (Lipinski definition) is 1. The second-order valence-corrected chi connectivity index (χ2v) is 6.52. The van der Waals surface area contributed by atoms with Gasteiger partial charge in [-0.1, -0.05) is 30.7 Å². The second-order valence-electron chi connectivity index (χ2n) is 6.08. The highest BCUT2D eigenvalue weighted by molar-refractivity contribution is 6.30. The molecule has 21 heavy (non-hydrogen) atoms. The molecule has 0 saturated carbocycles. The van der Waals surface area contributed by atoms with E-state index in [0.29, 0.717) is 17.6 Å². The summed E-state index contributed by atoms with van der Waals surface area (Å²) < 4.78 is 0. The van der Waals surface area contributed by atoms with Gasteiger partial charge < -0.3 is 14.9 Å². The molecular formula is C17H27ClN2O. The fourth-order valence-electron chi connectivity index (χ4n) is 3.14. The standard InChI is InChI=1S/C17H27ClN2O/c1-3-9-20-10-7-16(8-11-20)19(2)13-17(21)14-5-4-6-15(18)12-14/h4-6,12,16-17,21H,3,7-11,13H2,1-2H3. The molecule has 1 aliphatic heterocycles. The number of nitrogens with zero attached hydrogens (tertiary/aromatic N) is 2. The number of likely N-dealkylation sites (N-methyl/N-ethyl adjacent to an activating group) is 1. The maximum atomic E-state index is 10.4. The molecule has 0 bridgehead atoms. The molecule has 1 unspecified atom stereocenters. The number of likely N-dealkylation sites (tertiary alicyclic amines) is 1. The molecule has 1 heterocycles. The van der Waals surface area contributed by atoms with Crippen LogP contribution < -0.4 is 0 Å². The minimum absolute atomic E-state index is 0.470. The molecule has 3 nitrogen and oxygen atoms in total. The van der Waals surface area contributed by atoms with Gasteiger partial charge in [0, 0.05) is 17.6 Å². The van der Waals surface area contributed by atoms with Crippen LogP contribution in [0.5, 0.6) is 0 Å². The van der Waals surface area contributed by atoms with Crippen molar-refractivity contribution in [2.75, 3.05) is 33.2 Å². The summed E-state index contributed by atoms with van der Waals surface area (Å²) in [6.07, 6.45) is 3.15. The quantitative estimate of drug-likeness (QED) is 0.874. The third-order valence-electron chi connectivity index (χ3n) is 4.41. The van der Waals surface area contributed by atoms with E-state index in [1.54, 1.807) is 0 Å². The lowest BCUT2D eigenvalue weighted by Gasteiger charge is -2.37. The fraction of sp³-hybridized carbons (Fsp3) is 0.647. The van der Waals surface area contributed by atoms with Crippen LogP contribution in [0.2, 0.25) is 5.02 Å². The zero-order valence-corrected chi connectivity index (χ0v) is 13.9. The minimum atomic E-state index is -0.470. The Hall–Kier alpha value is -0.610. The van der Waals surface area contributed by atoms with E-state index in [1.807, 2.05) is 24.3 Å². The molecule has 1 N–H and O–H groups in total. The molecule has 4 heteroatoms. The normalized spacial score (nSPS) is 19.1. The molecule has 2 rings (SSSR count). The van der Waals surface area contributed by atoms with Crippen LogP contribution >= 0.6 is 11.6 Å². The third-order valence-corrected chi connectivity index (χ3v) is 4.65. The van der Waals surface area contributed by atoms with Crippen LogP contribution in [0.3, 0.4) is 0 Å². The molecule has 0 aromatic heterocycles. The van der Waals surface area contributed by atoms with Gasteiger partial charge in [-0.15, -0.1) is 0 Å². The Balaban J connectivity index is 1.83. The van der Waals surface area contributed by atoms with Gasteiger partial charge in [0.05, 0.1) is 6.10 Å². The van der Waals surface area contributed by atoms with Gasteiger partial charge in [0.1, 0.15) is 0 Å². The summed E-state index contributed by atoms with van der Waals surface area (Å²) in [4.78, 5) is 4.84. The molecule has 0 aliphatic carbocycles. The summed E-state index contributed by atoms with van der Waals surface area (Å²) in [5, 5.41) is 11.1. The van der Waals surface area contributed by atoms with Crippen molar-refractivity contribution < 1.29 is 5.11 Å². The van der Waals surface area contributed by atoms with Crippen molar-refractivity contribution in [2.24, 2.45) is 0 Å². The average Bonchev–Trinajstić information content (AvgIpc) is 2.48. The van der Waals surface area contributed by atoms with Crippen molar-refractivity contribution in [3.8, 4) is 0 Å². The molecule has 1 atom stereocenters. The van der Waals surface area contributed by atoms with Gasteiger partial charge in [-0.05, 0) is 63.6 Å². The van der Waals surface area contributed by atoms with Crippen molar-refractivity contribution in [1.82, 2.24) is 9.80 Å². The Labute approximate surface area is 133 Å². The molecule has 0 amide bonds. The zero-order chi connectivity index (χ0) is 15.2. The molecule has 1 aromatic carbocycles. The van der Waals surface area contributed by atoms with E-state index in [2.05, 4.69) is 23.8 Å². The van der Waals surface area contributed by atoms with E-state index in [4.69, 9.17) is 11.6 Å². The lowest BCUT2D eigenvalue weighted by Crippen LogP contribution is -2.44. The van der Waals surface area contributed by atoms with E-state index in [-0.39, 0.29) is 0 Å². The van der Waals surface area contributed by atoms with Gasteiger partial charge in [0.25, 0.3) is 0 Å². The first kappa shape index (κ1) is 16.8. The molecule has 1 aliphatic rings. The number of piperidine rings is 1. The van der Waals surface area contributed by atoms with Crippen LogP contribution in [0.15, 0.2) is 24.3 Å². The zero-order valence-electron chi connectivity index (χ0n) is 13.1. The topological polar surface area (TPSA) is 26.7 Å². The van der Waals surface area contributed by atoms with Gasteiger partial charge in [-0.2, -0.15) is 0 Å². The SMILES string of the molecule is CCCN1CCC(N(C)CC(O)c2cccc(Cl)c2)CC1. The van der Waals surface area contributed by atoms with Crippen LogP contribution in [0.4, 0.5) is 0 Å². The van der Waals surface area contributed by atoms with Crippen molar-refractivity contribution >= 4 is 11.6 Å². The summed E-state index contributed by atoms with van der Waals surface area (Å²) in [5.74, 6) is 0. The molecule has 1 fully saturated rings. The lowest BCUT2D eigenvalue weighted by molar-refractivity contribution is 0.0736. The smallest absolute Gasteiger partial charge is 0.0917 e. The first-order chi connectivity index (χ1) is 10.1. The van der Waals surface area contributed by atoms with Crippen molar-refractivity contribution in [3.63, 3.8) is 0 Å². The lowest BCUT2D eigenvalue weighted by atomic mass is 10.0. The van der Waals surface area contributed by atoms with Crippen LogP contribution in [0.1, 0.15) is 37.9 Å². The first-order valence-corrected chi connectivity index (χ1v) is 8.34. The fourth-order valence-corrected chi connectivity index (χ4v) is 3.34. The Morgan fingerprint density at radius 3 is 2.71 bits per heavy atom. The Morgan fingerprint density at radius 1 is 1.38 bits per heavy atom. The van der Waals surface area contributed by atoms with Crippen LogP contribution in [-0.4, -0.2) is 54.2 Å². The molecule has 1 aromatic rings. The van der Waals surface area contributed by atoms with Gasteiger partial charge in [-0.25, -0.2) is 0 Å².